The van der Waals surface area contributed by atoms with Gasteiger partial charge in [0.25, 0.3) is 0 Å². The first kappa shape index (κ1) is 24.5. The molecule has 1 aromatic carbocycles. The maximum Gasteiger partial charge on any atom is 0.344 e. The van der Waals surface area contributed by atoms with Crippen LogP contribution < -0.4 is 14.0 Å². The summed E-state index contributed by atoms with van der Waals surface area (Å²) in [5.41, 5.74) is 0.595. The fourth-order valence-electron chi connectivity index (χ4n) is 2.86. The molecule has 0 aliphatic heterocycles. The van der Waals surface area contributed by atoms with Crippen molar-refractivity contribution >= 4 is 5.97 Å². The predicted octanol–water partition coefficient (Wildman–Crippen LogP) is 5.12. The molecule has 5 nitrogen and oxygen atoms in total. The number of unbranched alkanes of at least 4 members (excludes halogenated alkanes) is 5. The Morgan fingerprint density at radius 1 is 0.862 bits per heavy atom. The number of nitrogens with zero attached hydrogens (tertiary/aromatic N) is 1. The number of aromatic nitrogens is 1. The van der Waals surface area contributed by atoms with E-state index < -0.39 is 0 Å². The molecule has 0 radical (unpaired) electrons. The molecule has 1 aromatic heterocycles. The van der Waals surface area contributed by atoms with Crippen molar-refractivity contribution in [2.75, 3.05) is 19.8 Å². The number of hydrogen-bond acceptors (Lipinski definition) is 4. The Kier molecular flexibility index (Phi) is 12.2. The van der Waals surface area contributed by atoms with E-state index in [1.807, 2.05) is 55.1 Å². The fraction of sp³-hybridized carbons (Fsp3) is 0.500. The van der Waals surface area contributed by atoms with Crippen LogP contribution in [0.2, 0.25) is 0 Å². The molecule has 160 valence electrons. The first-order valence-corrected chi connectivity index (χ1v) is 10.2. The van der Waals surface area contributed by atoms with E-state index in [1.165, 1.54) is 6.42 Å². The molecular weight excluding hydrogens is 366 g/mol. The molecular formula is C24H36NO4+. The van der Waals surface area contributed by atoms with Crippen LogP contribution in [0.25, 0.3) is 0 Å². The minimum atomic E-state index is -0.248. The van der Waals surface area contributed by atoms with E-state index in [0.29, 0.717) is 18.8 Å². The fourth-order valence-corrected chi connectivity index (χ4v) is 2.86. The van der Waals surface area contributed by atoms with Crippen LogP contribution in [0.15, 0.2) is 48.8 Å². The zero-order valence-corrected chi connectivity index (χ0v) is 17.1. The zero-order chi connectivity index (χ0) is 20.0. The minimum absolute atomic E-state index is 0. The number of hydrogen-bond donors (Lipinski definition) is 0. The molecule has 0 saturated heterocycles. The van der Waals surface area contributed by atoms with Crippen molar-refractivity contribution in [3.05, 3.63) is 54.4 Å². The number of carbonyl (C=O) groups is 1. The summed E-state index contributed by atoms with van der Waals surface area (Å²) in [6.45, 7) is 3.87. The number of rotatable bonds is 13. The van der Waals surface area contributed by atoms with Crippen LogP contribution in [0.1, 0.15) is 63.2 Å². The van der Waals surface area contributed by atoms with Gasteiger partial charge in [-0.1, -0.05) is 33.1 Å². The molecule has 0 aliphatic carbocycles. The van der Waals surface area contributed by atoms with Gasteiger partial charge < -0.3 is 14.2 Å². The summed E-state index contributed by atoms with van der Waals surface area (Å²) in [6.07, 6.45) is 10.2. The maximum absolute atomic E-state index is 11.9. The third kappa shape index (κ3) is 9.97. The monoisotopic (exact) mass is 402 g/mol. The number of esters is 1. The lowest BCUT2D eigenvalue weighted by Gasteiger charge is -2.08. The molecule has 0 aliphatic rings. The van der Waals surface area contributed by atoms with Crippen LogP contribution in [0.3, 0.4) is 0 Å². The molecule has 0 amide bonds. The van der Waals surface area contributed by atoms with Crippen LogP contribution in [0.5, 0.6) is 11.5 Å². The van der Waals surface area contributed by atoms with Gasteiger partial charge in [-0.25, -0.2) is 9.36 Å². The second-order valence-electron chi connectivity index (χ2n) is 6.77. The molecule has 29 heavy (non-hydrogen) atoms. The second-order valence-corrected chi connectivity index (χ2v) is 6.77. The molecule has 0 unspecified atom stereocenters. The molecule has 0 bridgehead atoms. The average Bonchev–Trinajstić information content (AvgIpc) is 2.70. The summed E-state index contributed by atoms with van der Waals surface area (Å²) in [5, 5.41) is 0. The Labute approximate surface area is 175 Å². The lowest BCUT2D eigenvalue weighted by Crippen LogP contribution is -2.28. The third-order valence-corrected chi connectivity index (χ3v) is 4.35. The van der Waals surface area contributed by atoms with Gasteiger partial charge in [-0.3, -0.25) is 0 Å². The molecule has 5 heteroatoms. The van der Waals surface area contributed by atoms with Crippen molar-refractivity contribution in [2.24, 2.45) is 7.05 Å². The molecule has 2 rings (SSSR count). The van der Waals surface area contributed by atoms with Crippen molar-refractivity contribution in [1.82, 2.24) is 0 Å². The van der Waals surface area contributed by atoms with Crippen molar-refractivity contribution < 1.29 is 23.6 Å². The highest BCUT2D eigenvalue weighted by Gasteiger charge is 2.09. The first-order chi connectivity index (χ1) is 13.7. The molecule has 1 heterocycles. The van der Waals surface area contributed by atoms with Gasteiger partial charge in [0, 0.05) is 6.07 Å². The Morgan fingerprint density at radius 3 is 2.07 bits per heavy atom. The lowest BCUT2D eigenvalue weighted by molar-refractivity contribution is -0.671. The second kappa shape index (κ2) is 14.4. The van der Waals surface area contributed by atoms with E-state index in [4.69, 9.17) is 14.2 Å². The smallest absolute Gasteiger partial charge is 0.344 e. The molecule has 0 fully saturated rings. The molecule has 0 spiro atoms. The summed E-state index contributed by atoms with van der Waals surface area (Å²) in [5.74, 6) is 1.51. The normalized spacial score (nSPS) is 10.1. The van der Waals surface area contributed by atoms with Crippen LogP contribution >= 0.6 is 0 Å². The quantitative estimate of drug-likeness (QED) is 0.265. The number of carbonyl (C=O) groups excluding carboxylic acids is 1. The molecule has 0 atom stereocenters. The molecule has 0 saturated carbocycles. The van der Waals surface area contributed by atoms with E-state index in [0.717, 1.165) is 50.2 Å². The van der Waals surface area contributed by atoms with E-state index >= 15 is 0 Å². The van der Waals surface area contributed by atoms with E-state index in [-0.39, 0.29) is 13.4 Å². The SMILES string of the molecule is C.CCOc1ccc(OCCCCCCCCOC(=O)c2ccc[n+](C)c2)cc1. The standard InChI is InChI=1S/C23H32NO4.CH4/c1-3-26-21-12-14-22(15-13-21)27-17-8-6-4-5-7-9-18-28-23(25)20-11-10-16-24(2)19-20;/h10-16,19H,3-9,17-18H2,1-2H3;1H4/q+1;. The summed E-state index contributed by atoms with van der Waals surface area (Å²) in [4.78, 5) is 11.9. The van der Waals surface area contributed by atoms with Gasteiger partial charge in [0.05, 0.1) is 19.8 Å². The topological polar surface area (TPSA) is 48.6 Å². The highest BCUT2D eigenvalue weighted by Crippen LogP contribution is 2.18. The van der Waals surface area contributed by atoms with Gasteiger partial charge in [0.2, 0.25) is 0 Å². The van der Waals surface area contributed by atoms with Crippen LogP contribution in [-0.4, -0.2) is 25.8 Å². The number of aryl methyl sites for hydroxylation is 1. The van der Waals surface area contributed by atoms with Crippen LogP contribution in [0, 0.1) is 0 Å². The maximum atomic E-state index is 11.9. The van der Waals surface area contributed by atoms with Crippen LogP contribution in [-0.2, 0) is 11.8 Å². The van der Waals surface area contributed by atoms with Crippen molar-refractivity contribution in [3.8, 4) is 11.5 Å². The number of pyridine rings is 1. The van der Waals surface area contributed by atoms with Gasteiger partial charge >= 0.3 is 5.97 Å². The van der Waals surface area contributed by atoms with Crippen molar-refractivity contribution in [3.63, 3.8) is 0 Å². The summed E-state index contributed by atoms with van der Waals surface area (Å²) < 4.78 is 18.3. The summed E-state index contributed by atoms with van der Waals surface area (Å²) in [6, 6.07) is 11.4. The Hall–Kier alpha value is -2.56. The van der Waals surface area contributed by atoms with Crippen molar-refractivity contribution in [2.45, 2.75) is 52.9 Å². The highest BCUT2D eigenvalue weighted by atomic mass is 16.5. The molecule has 2 aromatic rings. The van der Waals surface area contributed by atoms with Crippen LogP contribution in [0.4, 0.5) is 0 Å². The van der Waals surface area contributed by atoms with Crippen molar-refractivity contribution in [1.29, 1.82) is 0 Å². The third-order valence-electron chi connectivity index (χ3n) is 4.35. The van der Waals surface area contributed by atoms with Gasteiger partial charge in [-0.15, -0.1) is 0 Å². The zero-order valence-electron chi connectivity index (χ0n) is 17.1. The van der Waals surface area contributed by atoms with E-state index in [2.05, 4.69) is 0 Å². The van der Waals surface area contributed by atoms with Gasteiger partial charge in [0.15, 0.2) is 12.4 Å². The molecule has 0 N–H and O–H groups in total. The first-order valence-electron chi connectivity index (χ1n) is 10.2. The summed E-state index contributed by atoms with van der Waals surface area (Å²) in [7, 11) is 1.89. The van der Waals surface area contributed by atoms with E-state index in [1.54, 1.807) is 12.3 Å². The Morgan fingerprint density at radius 2 is 1.45 bits per heavy atom. The highest BCUT2D eigenvalue weighted by molar-refractivity contribution is 5.88. The largest absolute Gasteiger partial charge is 0.494 e. The van der Waals surface area contributed by atoms with Gasteiger partial charge in [-0.2, -0.15) is 0 Å². The lowest BCUT2D eigenvalue weighted by atomic mass is 10.1. The van der Waals surface area contributed by atoms with Gasteiger partial charge in [0.1, 0.15) is 24.1 Å². The minimum Gasteiger partial charge on any atom is -0.494 e. The van der Waals surface area contributed by atoms with Gasteiger partial charge in [-0.05, 0) is 50.1 Å². The average molecular weight is 403 g/mol. The number of benzene rings is 1. The number of ether oxygens (including phenoxy) is 3. The summed E-state index contributed by atoms with van der Waals surface area (Å²) >= 11 is 0. The Bertz CT molecular complexity index is 700. The van der Waals surface area contributed by atoms with E-state index in [9.17, 15) is 4.79 Å². The Balaban J connectivity index is 0.00000420. The predicted molar refractivity (Wildman–Crippen MR) is 115 cm³/mol.